The smallest absolute Gasteiger partial charge is 0.277 e. The van der Waals surface area contributed by atoms with Crippen LogP contribution in [0.3, 0.4) is 0 Å². The topological polar surface area (TPSA) is 67.2 Å². The normalized spacial score (nSPS) is 13.1. The van der Waals surface area contributed by atoms with Crippen molar-refractivity contribution in [3.8, 4) is 5.75 Å². The molecule has 0 N–H and O–H groups in total. The molecule has 1 aliphatic heterocycles. The molecule has 1 amide bonds. The Balaban J connectivity index is 1.74. The van der Waals surface area contributed by atoms with Gasteiger partial charge in [-0.15, -0.1) is 0 Å². The van der Waals surface area contributed by atoms with Crippen LogP contribution in [0.4, 0.5) is 0 Å². The second-order valence-electron chi connectivity index (χ2n) is 10.4. The molecular weight excluding hydrogens is 516 g/mol. The van der Waals surface area contributed by atoms with E-state index in [2.05, 4.69) is 29.3 Å². The number of carbonyl (C=O) groups is 1. The van der Waals surface area contributed by atoms with Crippen LogP contribution in [0.25, 0.3) is 0 Å². The molecule has 0 saturated heterocycles. The van der Waals surface area contributed by atoms with E-state index in [4.69, 9.17) is 9.47 Å². The van der Waals surface area contributed by atoms with Gasteiger partial charge in [-0.05, 0) is 30.8 Å². The summed E-state index contributed by atoms with van der Waals surface area (Å²) in [6.45, 7) is 1.65. The Labute approximate surface area is 240 Å². The first-order chi connectivity index (χ1) is 20.0. The second-order valence-corrected chi connectivity index (χ2v) is 10.4. The highest BCUT2D eigenvalue weighted by atomic mass is 16.5. The summed E-state index contributed by atoms with van der Waals surface area (Å²) in [7, 11) is 5.51. The summed E-state index contributed by atoms with van der Waals surface area (Å²) in [4.78, 5) is 31.5. The van der Waals surface area contributed by atoms with Gasteiger partial charge in [-0.25, -0.2) is 4.68 Å². The summed E-state index contributed by atoms with van der Waals surface area (Å²) < 4.78 is 13.5. The summed E-state index contributed by atoms with van der Waals surface area (Å²) >= 11 is 0. The first-order valence-corrected chi connectivity index (χ1v) is 13.7. The van der Waals surface area contributed by atoms with E-state index in [9.17, 15) is 9.59 Å². The van der Waals surface area contributed by atoms with Crippen LogP contribution in [-0.2, 0) is 17.9 Å². The number of rotatable bonds is 11. The van der Waals surface area contributed by atoms with Gasteiger partial charge in [0, 0.05) is 26.3 Å². The second kappa shape index (κ2) is 12.8. The van der Waals surface area contributed by atoms with Crippen LogP contribution >= 0.6 is 0 Å². The van der Waals surface area contributed by atoms with Crippen molar-refractivity contribution < 1.29 is 14.3 Å². The number of benzene rings is 3. The maximum Gasteiger partial charge on any atom is 0.277 e. The number of aromatic nitrogens is 1. The fraction of sp³-hybridized carbons (Fsp3) is 0.273. The van der Waals surface area contributed by atoms with Crippen LogP contribution in [0.2, 0.25) is 0 Å². The third-order valence-electron chi connectivity index (χ3n) is 7.08. The van der Waals surface area contributed by atoms with E-state index in [0.717, 1.165) is 16.7 Å². The molecule has 8 nitrogen and oxygen atoms in total. The summed E-state index contributed by atoms with van der Waals surface area (Å²) in [6, 6.07) is 31.4. The lowest BCUT2D eigenvalue weighted by Gasteiger charge is -2.45. The van der Waals surface area contributed by atoms with Gasteiger partial charge in [0.05, 0.1) is 18.3 Å². The van der Waals surface area contributed by atoms with E-state index >= 15 is 0 Å². The number of nitrogens with zero attached hydrogens (tertiary/aromatic N) is 4. The molecule has 41 heavy (non-hydrogen) atoms. The molecule has 0 unspecified atom stereocenters. The Morgan fingerprint density at radius 1 is 0.854 bits per heavy atom. The number of fused-ring (bicyclic) bond motifs is 1. The first-order valence-electron chi connectivity index (χ1n) is 13.7. The molecule has 8 heteroatoms. The van der Waals surface area contributed by atoms with Gasteiger partial charge in [-0.2, -0.15) is 0 Å². The lowest BCUT2D eigenvalue weighted by Crippen LogP contribution is -2.57. The number of amides is 1. The first kappa shape index (κ1) is 28.1. The Kier molecular flexibility index (Phi) is 8.82. The van der Waals surface area contributed by atoms with Crippen molar-refractivity contribution in [1.29, 1.82) is 0 Å². The number of methoxy groups -OCH3 is 1. The monoisotopic (exact) mass is 552 g/mol. The standard InChI is InChI=1S/C33H36N4O4/c1-34(2)22-28-21-29(38)32(41-23-25-13-7-4-8-14-25)31-33(39)35(19-20-40-3)24-36(37(28)31)30(26-15-9-5-10-16-26)27-17-11-6-12-18-27/h4-18,21,30H,19-20,22-24H2,1-3H3. The zero-order chi connectivity index (χ0) is 28.8. The molecule has 0 saturated carbocycles. The van der Waals surface area contributed by atoms with Gasteiger partial charge in [0.2, 0.25) is 5.43 Å². The Hall–Kier alpha value is -4.40. The van der Waals surface area contributed by atoms with Crippen LogP contribution < -0.4 is 15.2 Å². The SMILES string of the molecule is COCCN1CN(C(c2ccccc2)c2ccccc2)n2c(CN(C)C)cc(=O)c(OCc3ccccc3)c2C1=O. The number of ether oxygens (including phenoxy) is 2. The lowest BCUT2D eigenvalue weighted by atomic mass is 9.98. The molecule has 0 spiro atoms. The van der Waals surface area contributed by atoms with Crippen LogP contribution in [0.15, 0.2) is 102 Å². The van der Waals surface area contributed by atoms with E-state index in [-0.39, 0.29) is 35.4 Å². The number of hydrogen-bond acceptors (Lipinski definition) is 6. The molecule has 0 aliphatic carbocycles. The number of carbonyl (C=O) groups excluding carboxylic acids is 1. The minimum atomic E-state index is -0.318. The molecule has 3 aromatic carbocycles. The van der Waals surface area contributed by atoms with Gasteiger partial charge in [0.15, 0.2) is 11.4 Å². The largest absolute Gasteiger partial charge is 0.482 e. The Bertz CT molecular complexity index is 1470. The van der Waals surface area contributed by atoms with E-state index < -0.39 is 0 Å². The lowest BCUT2D eigenvalue weighted by molar-refractivity contribution is 0.0607. The zero-order valence-corrected chi connectivity index (χ0v) is 23.8. The molecule has 1 aliphatic rings. The molecule has 1 aromatic heterocycles. The van der Waals surface area contributed by atoms with Gasteiger partial charge in [0.25, 0.3) is 5.91 Å². The van der Waals surface area contributed by atoms with Crippen LogP contribution in [-0.4, -0.2) is 61.4 Å². The van der Waals surface area contributed by atoms with Gasteiger partial charge < -0.3 is 19.3 Å². The predicted octanol–water partition coefficient (Wildman–Crippen LogP) is 4.28. The molecule has 4 aromatic rings. The summed E-state index contributed by atoms with van der Waals surface area (Å²) in [5, 5.41) is 2.16. The van der Waals surface area contributed by atoms with Gasteiger partial charge in [0.1, 0.15) is 13.3 Å². The molecule has 0 fully saturated rings. The van der Waals surface area contributed by atoms with Crippen molar-refractivity contribution in [2.24, 2.45) is 0 Å². The fourth-order valence-electron chi connectivity index (χ4n) is 5.25. The molecule has 5 rings (SSSR count). The van der Waals surface area contributed by atoms with E-state index in [1.807, 2.05) is 90.4 Å². The molecule has 0 radical (unpaired) electrons. The highest BCUT2D eigenvalue weighted by Gasteiger charge is 2.38. The van der Waals surface area contributed by atoms with Crippen molar-refractivity contribution in [2.45, 2.75) is 19.2 Å². The maximum atomic E-state index is 14.2. The van der Waals surface area contributed by atoms with E-state index in [1.54, 1.807) is 18.1 Å². The molecule has 2 heterocycles. The summed E-state index contributed by atoms with van der Waals surface area (Å²) in [6.07, 6.45) is 0. The predicted molar refractivity (Wildman–Crippen MR) is 160 cm³/mol. The van der Waals surface area contributed by atoms with Crippen LogP contribution in [0.1, 0.15) is 38.9 Å². The van der Waals surface area contributed by atoms with Gasteiger partial charge in [-0.1, -0.05) is 91.0 Å². The third kappa shape index (κ3) is 6.19. The van der Waals surface area contributed by atoms with Crippen molar-refractivity contribution in [1.82, 2.24) is 14.5 Å². The Morgan fingerprint density at radius 3 is 2.00 bits per heavy atom. The minimum Gasteiger partial charge on any atom is -0.482 e. The highest BCUT2D eigenvalue weighted by molar-refractivity contribution is 5.96. The van der Waals surface area contributed by atoms with E-state index in [0.29, 0.717) is 32.1 Å². The van der Waals surface area contributed by atoms with Crippen molar-refractivity contribution in [2.75, 3.05) is 46.0 Å². The zero-order valence-electron chi connectivity index (χ0n) is 23.8. The summed E-state index contributed by atoms with van der Waals surface area (Å²) in [5.41, 5.74) is 3.65. The van der Waals surface area contributed by atoms with Crippen LogP contribution in [0.5, 0.6) is 5.75 Å². The average molecular weight is 553 g/mol. The number of hydrogen-bond donors (Lipinski definition) is 0. The van der Waals surface area contributed by atoms with Gasteiger partial charge >= 0.3 is 0 Å². The molecular formula is C33H36N4O4. The summed E-state index contributed by atoms with van der Waals surface area (Å²) in [5.74, 6) is -0.215. The fourth-order valence-corrected chi connectivity index (χ4v) is 5.25. The molecule has 0 atom stereocenters. The molecule has 212 valence electrons. The van der Waals surface area contributed by atoms with Crippen molar-refractivity contribution in [3.05, 3.63) is 135 Å². The van der Waals surface area contributed by atoms with Crippen molar-refractivity contribution in [3.63, 3.8) is 0 Å². The van der Waals surface area contributed by atoms with E-state index in [1.165, 1.54) is 0 Å². The van der Waals surface area contributed by atoms with Crippen molar-refractivity contribution >= 4 is 5.91 Å². The Morgan fingerprint density at radius 2 is 1.44 bits per heavy atom. The highest BCUT2D eigenvalue weighted by Crippen LogP contribution is 2.33. The third-order valence-corrected chi connectivity index (χ3v) is 7.08. The molecule has 0 bridgehead atoms. The van der Waals surface area contributed by atoms with Gasteiger partial charge in [-0.3, -0.25) is 14.6 Å². The number of pyridine rings is 1. The maximum absolute atomic E-state index is 14.2. The minimum absolute atomic E-state index is 0.0494. The van der Waals surface area contributed by atoms with Crippen LogP contribution in [0, 0.1) is 0 Å². The quantitative estimate of drug-likeness (QED) is 0.277. The average Bonchev–Trinajstić information content (AvgIpc) is 2.98.